The summed E-state index contributed by atoms with van der Waals surface area (Å²) in [5.74, 6) is -1.03. The summed E-state index contributed by atoms with van der Waals surface area (Å²) in [5, 5.41) is 4.78. The smallest absolute Gasteiger partial charge is 0.330 e. The maximum Gasteiger partial charge on any atom is 0.334 e. The molecule has 0 spiro atoms. The zero-order valence-corrected chi connectivity index (χ0v) is 21.2. The Balaban J connectivity index is 1.48. The molecule has 2 fully saturated rings. The van der Waals surface area contributed by atoms with Gasteiger partial charge in [-0.2, -0.15) is 0 Å². The first-order chi connectivity index (χ1) is 18.0. The molecule has 0 aromatic heterocycles. The first kappa shape index (κ1) is 25.2. The molecule has 1 heterocycles. The number of nitrogens with one attached hydrogen (secondary N) is 1. The Morgan fingerprint density at radius 3 is 2.14 bits per heavy atom. The molecule has 1 unspecified atom stereocenters. The molecule has 5 rings (SSSR count). The van der Waals surface area contributed by atoms with Crippen LogP contribution in [0.15, 0.2) is 78.9 Å². The van der Waals surface area contributed by atoms with Gasteiger partial charge in [-0.15, -0.1) is 5.06 Å². The largest absolute Gasteiger partial charge is 0.334 e. The van der Waals surface area contributed by atoms with E-state index in [1.165, 1.54) is 24.8 Å². The van der Waals surface area contributed by atoms with Crippen molar-refractivity contribution in [2.45, 2.75) is 50.0 Å². The lowest BCUT2D eigenvalue weighted by molar-refractivity contribution is -0.197. The second kappa shape index (κ2) is 10.9. The number of nitrogens with zero attached hydrogens (tertiary/aromatic N) is 1. The third kappa shape index (κ3) is 5.04. The molecule has 2 amide bonds. The number of benzene rings is 3. The SMILES string of the molecule is O=C(CCNC(c1ccccc1)(c1ccc(C2CCC2)cc1)c1ccccc1Cl)ON1C(=O)CCC1=O. The van der Waals surface area contributed by atoms with Crippen molar-refractivity contribution in [3.63, 3.8) is 0 Å². The number of carbonyl (C=O) groups excluding carboxylic acids is 3. The van der Waals surface area contributed by atoms with E-state index in [1.54, 1.807) is 0 Å². The highest BCUT2D eigenvalue weighted by Gasteiger charge is 2.38. The Bertz CT molecular complexity index is 1270. The van der Waals surface area contributed by atoms with Gasteiger partial charge in [0.05, 0.1) is 12.0 Å². The molecule has 2 aliphatic rings. The highest BCUT2D eigenvalue weighted by molar-refractivity contribution is 6.31. The lowest BCUT2D eigenvalue weighted by Crippen LogP contribution is -2.46. The van der Waals surface area contributed by atoms with Gasteiger partial charge < -0.3 is 4.84 Å². The number of hydroxylamine groups is 2. The van der Waals surface area contributed by atoms with Crippen molar-refractivity contribution in [3.8, 4) is 0 Å². The average Bonchev–Trinajstić information content (AvgIpc) is 3.19. The van der Waals surface area contributed by atoms with Gasteiger partial charge in [0.25, 0.3) is 11.8 Å². The molecule has 1 saturated heterocycles. The minimum Gasteiger partial charge on any atom is -0.330 e. The Labute approximate surface area is 221 Å². The normalized spacial score (nSPS) is 17.4. The average molecular weight is 517 g/mol. The van der Waals surface area contributed by atoms with Crippen molar-refractivity contribution in [2.75, 3.05) is 6.54 Å². The Morgan fingerprint density at radius 1 is 0.892 bits per heavy atom. The molecule has 1 atom stereocenters. The van der Waals surface area contributed by atoms with Gasteiger partial charge in [0.2, 0.25) is 0 Å². The van der Waals surface area contributed by atoms with Gasteiger partial charge >= 0.3 is 5.97 Å². The van der Waals surface area contributed by atoms with Crippen molar-refractivity contribution in [1.82, 2.24) is 10.4 Å². The van der Waals surface area contributed by atoms with Crippen molar-refractivity contribution in [2.24, 2.45) is 0 Å². The van der Waals surface area contributed by atoms with Crippen LogP contribution in [0.3, 0.4) is 0 Å². The molecular formula is C30H29ClN2O4. The number of rotatable bonds is 9. The van der Waals surface area contributed by atoms with E-state index < -0.39 is 23.3 Å². The van der Waals surface area contributed by atoms with Gasteiger partial charge in [-0.05, 0) is 47.1 Å². The third-order valence-corrected chi connectivity index (χ3v) is 7.65. The second-order valence-corrected chi connectivity index (χ2v) is 9.97. The van der Waals surface area contributed by atoms with Gasteiger partial charge in [0.1, 0.15) is 0 Å². The fourth-order valence-electron chi connectivity index (χ4n) is 5.13. The van der Waals surface area contributed by atoms with E-state index in [-0.39, 0.29) is 25.8 Å². The minimum absolute atomic E-state index is 0.0454. The second-order valence-electron chi connectivity index (χ2n) is 9.57. The predicted octanol–water partition coefficient (Wildman–Crippen LogP) is 5.49. The minimum atomic E-state index is -0.850. The summed E-state index contributed by atoms with van der Waals surface area (Å²) in [5.41, 5.74) is 3.31. The fraction of sp³-hybridized carbons (Fsp3) is 0.300. The number of imide groups is 1. The summed E-state index contributed by atoms with van der Waals surface area (Å²) in [6.07, 6.45) is 3.78. The van der Waals surface area contributed by atoms with Crippen molar-refractivity contribution < 1.29 is 19.2 Å². The van der Waals surface area contributed by atoms with Crippen molar-refractivity contribution in [1.29, 1.82) is 0 Å². The number of amides is 2. The zero-order valence-electron chi connectivity index (χ0n) is 20.5. The maximum absolute atomic E-state index is 12.6. The van der Waals surface area contributed by atoms with Crippen LogP contribution in [0.4, 0.5) is 0 Å². The molecule has 1 aliphatic heterocycles. The van der Waals surface area contributed by atoms with E-state index in [2.05, 4.69) is 29.6 Å². The van der Waals surface area contributed by atoms with Gasteiger partial charge in [-0.3, -0.25) is 14.9 Å². The summed E-state index contributed by atoms with van der Waals surface area (Å²) in [6.45, 7) is 0.222. The van der Waals surface area contributed by atoms with E-state index in [1.807, 2.05) is 54.6 Å². The quantitative estimate of drug-likeness (QED) is 0.301. The molecule has 1 saturated carbocycles. The van der Waals surface area contributed by atoms with Crippen LogP contribution in [0.2, 0.25) is 5.02 Å². The number of hydrogen-bond acceptors (Lipinski definition) is 5. The molecule has 1 N–H and O–H groups in total. The fourth-order valence-corrected chi connectivity index (χ4v) is 5.41. The molecule has 7 heteroatoms. The summed E-state index contributed by atoms with van der Waals surface area (Å²) in [7, 11) is 0. The van der Waals surface area contributed by atoms with E-state index in [9.17, 15) is 14.4 Å². The highest BCUT2D eigenvalue weighted by Crippen LogP contribution is 2.42. The highest BCUT2D eigenvalue weighted by atomic mass is 35.5. The summed E-state index contributed by atoms with van der Waals surface area (Å²) < 4.78 is 0. The van der Waals surface area contributed by atoms with Crippen molar-refractivity contribution in [3.05, 3.63) is 106 Å². The van der Waals surface area contributed by atoms with E-state index in [0.717, 1.165) is 16.7 Å². The maximum atomic E-state index is 12.6. The third-order valence-electron chi connectivity index (χ3n) is 7.32. The van der Waals surface area contributed by atoms with E-state index in [4.69, 9.17) is 16.4 Å². The number of hydrogen-bond donors (Lipinski definition) is 1. The Hall–Kier alpha value is -3.48. The lowest BCUT2D eigenvalue weighted by atomic mass is 9.75. The Kier molecular flexibility index (Phi) is 7.40. The summed E-state index contributed by atoms with van der Waals surface area (Å²) in [4.78, 5) is 41.3. The van der Waals surface area contributed by atoms with Gasteiger partial charge in [0.15, 0.2) is 0 Å². The van der Waals surface area contributed by atoms with Crippen LogP contribution < -0.4 is 5.32 Å². The topological polar surface area (TPSA) is 75.7 Å². The van der Waals surface area contributed by atoms with Gasteiger partial charge in [-0.1, -0.05) is 90.8 Å². The zero-order chi connectivity index (χ0) is 25.8. The molecule has 3 aromatic carbocycles. The van der Waals surface area contributed by atoms with Crippen LogP contribution in [0.25, 0.3) is 0 Å². The van der Waals surface area contributed by atoms with Crippen LogP contribution >= 0.6 is 11.6 Å². The first-order valence-electron chi connectivity index (χ1n) is 12.7. The molecule has 0 radical (unpaired) electrons. The molecule has 1 aliphatic carbocycles. The molecule has 3 aromatic rings. The molecular weight excluding hydrogens is 488 g/mol. The predicted molar refractivity (Wildman–Crippen MR) is 141 cm³/mol. The number of halogens is 1. The van der Waals surface area contributed by atoms with Crippen LogP contribution in [-0.2, 0) is 24.8 Å². The summed E-state index contributed by atoms with van der Waals surface area (Å²) in [6, 6.07) is 26.3. The van der Waals surface area contributed by atoms with Crippen LogP contribution in [-0.4, -0.2) is 29.4 Å². The Morgan fingerprint density at radius 2 is 1.51 bits per heavy atom. The molecule has 6 nitrogen and oxygen atoms in total. The lowest BCUT2D eigenvalue weighted by Gasteiger charge is -2.38. The first-order valence-corrected chi connectivity index (χ1v) is 13.1. The monoisotopic (exact) mass is 516 g/mol. The van der Waals surface area contributed by atoms with Gasteiger partial charge in [-0.25, -0.2) is 4.79 Å². The van der Waals surface area contributed by atoms with E-state index in [0.29, 0.717) is 16.0 Å². The summed E-state index contributed by atoms with van der Waals surface area (Å²) >= 11 is 6.80. The van der Waals surface area contributed by atoms with Crippen LogP contribution in [0.1, 0.15) is 66.7 Å². The number of carbonyl (C=O) groups is 3. The van der Waals surface area contributed by atoms with Crippen LogP contribution in [0, 0.1) is 0 Å². The standard InChI is InChI=1S/C30H29ClN2O4/c31-26-12-5-4-11-25(26)30(23-9-2-1-3-10-23,24-15-13-22(14-16-24)21-7-6-8-21)32-20-19-29(36)37-33-27(34)17-18-28(33)35/h1-5,9-16,21,32H,6-8,17-20H2. The molecule has 0 bridgehead atoms. The molecule has 37 heavy (non-hydrogen) atoms. The van der Waals surface area contributed by atoms with Crippen molar-refractivity contribution >= 4 is 29.4 Å². The molecule has 190 valence electrons. The van der Waals surface area contributed by atoms with Crippen LogP contribution in [0.5, 0.6) is 0 Å². The van der Waals surface area contributed by atoms with E-state index >= 15 is 0 Å². The van der Waals surface area contributed by atoms with Gasteiger partial charge in [0, 0.05) is 24.4 Å².